The largest absolute Gasteiger partial charge is 0.491 e. The zero-order valence-corrected chi connectivity index (χ0v) is 15.8. The number of likely N-dealkylation sites (tertiary alicyclic amines) is 1. The molecule has 5 heteroatoms. The highest BCUT2D eigenvalue weighted by Gasteiger charge is 2.44. The van der Waals surface area contributed by atoms with Gasteiger partial charge in [0.15, 0.2) is 0 Å². The quantitative estimate of drug-likeness (QED) is 0.820. The van der Waals surface area contributed by atoms with Crippen LogP contribution in [0.3, 0.4) is 0 Å². The maximum absolute atomic E-state index is 12.5. The van der Waals surface area contributed by atoms with Crippen LogP contribution >= 0.6 is 0 Å². The second-order valence-corrected chi connectivity index (χ2v) is 8.05. The Morgan fingerprint density at radius 1 is 1.12 bits per heavy atom. The molecule has 1 spiro atoms. The molecule has 2 aliphatic rings. The fourth-order valence-corrected chi connectivity index (χ4v) is 4.30. The smallest absolute Gasteiger partial charge is 0.229 e. The average Bonchev–Trinajstić information content (AvgIpc) is 2.58. The molecular formula is C21H29NO4. The molecule has 1 saturated carbocycles. The van der Waals surface area contributed by atoms with Crippen molar-refractivity contribution in [3.05, 3.63) is 29.3 Å². The summed E-state index contributed by atoms with van der Waals surface area (Å²) < 4.78 is 5.68. The Morgan fingerprint density at radius 2 is 1.77 bits per heavy atom. The van der Waals surface area contributed by atoms with Gasteiger partial charge < -0.3 is 9.84 Å². The molecule has 2 amide bonds. The van der Waals surface area contributed by atoms with E-state index in [1.54, 1.807) is 0 Å². The molecule has 0 bridgehead atoms. The minimum absolute atomic E-state index is 0.0126. The predicted octanol–water partition coefficient (Wildman–Crippen LogP) is 3.14. The maximum atomic E-state index is 12.5. The average molecular weight is 359 g/mol. The van der Waals surface area contributed by atoms with Crippen molar-refractivity contribution in [2.75, 3.05) is 13.2 Å². The van der Waals surface area contributed by atoms with Crippen molar-refractivity contribution < 1.29 is 19.4 Å². The van der Waals surface area contributed by atoms with Gasteiger partial charge in [0.05, 0.1) is 6.54 Å². The first-order valence-electron chi connectivity index (χ1n) is 9.60. The Hall–Kier alpha value is -1.88. The Labute approximate surface area is 155 Å². The summed E-state index contributed by atoms with van der Waals surface area (Å²) >= 11 is 0. The van der Waals surface area contributed by atoms with Crippen LogP contribution in [0.4, 0.5) is 0 Å². The normalized spacial score (nSPS) is 21.1. The number of hydrogen-bond donors (Lipinski definition) is 1. The number of carbonyl (C=O) groups is 2. The van der Waals surface area contributed by atoms with Crippen LogP contribution in [-0.4, -0.2) is 41.1 Å². The van der Waals surface area contributed by atoms with Crippen molar-refractivity contribution >= 4 is 11.8 Å². The molecule has 1 aromatic carbocycles. The van der Waals surface area contributed by atoms with Gasteiger partial charge in [-0.05, 0) is 43.7 Å². The number of aliphatic hydroxyl groups excluding tert-OH is 1. The lowest BCUT2D eigenvalue weighted by Gasteiger charge is -2.42. The second kappa shape index (κ2) is 7.78. The van der Waals surface area contributed by atoms with E-state index >= 15 is 0 Å². The molecule has 1 saturated heterocycles. The summed E-state index contributed by atoms with van der Waals surface area (Å²) in [6.07, 6.45) is 5.33. The molecule has 1 heterocycles. The molecule has 26 heavy (non-hydrogen) atoms. The Balaban J connectivity index is 1.54. The van der Waals surface area contributed by atoms with Gasteiger partial charge in [0.25, 0.3) is 0 Å². The topological polar surface area (TPSA) is 66.8 Å². The molecule has 142 valence electrons. The summed E-state index contributed by atoms with van der Waals surface area (Å²) in [6.45, 7) is 4.04. The number of nitrogens with zero attached hydrogens (tertiary/aromatic N) is 1. The van der Waals surface area contributed by atoms with E-state index in [0.29, 0.717) is 18.6 Å². The van der Waals surface area contributed by atoms with E-state index in [2.05, 4.69) is 0 Å². The third-order valence-corrected chi connectivity index (χ3v) is 5.72. The molecule has 0 radical (unpaired) electrons. The standard InChI is InChI=1S/C21H29NO4/c1-15-6-7-18(16(2)10-15)26-14-17(23)13-22-19(24)11-21(12-20(22)25)8-4-3-5-9-21/h6-7,10,17,23H,3-5,8-9,11-14H2,1-2H3. The van der Waals surface area contributed by atoms with Crippen molar-refractivity contribution in [2.45, 2.75) is 64.9 Å². The van der Waals surface area contributed by atoms with Gasteiger partial charge in [0.2, 0.25) is 11.8 Å². The highest BCUT2D eigenvalue weighted by molar-refractivity contribution is 5.98. The number of β-amino-alcohol motifs (C(OH)–C–C–N with tert-alkyl or cyclic N) is 1. The molecule has 1 unspecified atom stereocenters. The van der Waals surface area contributed by atoms with E-state index < -0.39 is 6.10 Å². The highest BCUT2D eigenvalue weighted by Crippen LogP contribution is 2.45. The van der Waals surface area contributed by atoms with Gasteiger partial charge in [0, 0.05) is 12.8 Å². The Kier molecular flexibility index (Phi) is 5.66. The van der Waals surface area contributed by atoms with Crippen LogP contribution in [0.1, 0.15) is 56.1 Å². The predicted molar refractivity (Wildman–Crippen MR) is 98.9 cm³/mol. The summed E-state index contributed by atoms with van der Waals surface area (Å²) in [5, 5.41) is 10.3. The summed E-state index contributed by atoms with van der Waals surface area (Å²) in [5.74, 6) is 0.425. The van der Waals surface area contributed by atoms with Crippen molar-refractivity contribution in [3.63, 3.8) is 0 Å². The van der Waals surface area contributed by atoms with Gasteiger partial charge in [-0.25, -0.2) is 0 Å². The van der Waals surface area contributed by atoms with Crippen LogP contribution in [0.5, 0.6) is 5.75 Å². The molecule has 0 aromatic heterocycles. The molecule has 5 nitrogen and oxygen atoms in total. The van der Waals surface area contributed by atoms with Crippen LogP contribution < -0.4 is 4.74 Å². The zero-order valence-electron chi connectivity index (χ0n) is 15.8. The van der Waals surface area contributed by atoms with E-state index in [1.165, 1.54) is 11.3 Å². The molecule has 1 N–H and O–H groups in total. The number of ether oxygens (including phenoxy) is 1. The first-order valence-corrected chi connectivity index (χ1v) is 9.60. The van der Waals surface area contributed by atoms with E-state index in [1.807, 2.05) is 32.0 Å². The van der Waals surface area contributed by atoms with E-state index in [-0.39, 0.29) is 30.4 Å². The monoisotopic (exact) mass is 359 g/mol. The van der Waals surface area contributed by atoms with Crippen molar-refractivity contribution in [1.29, 1.82) is 0 Å². The minimum Gasteiger partial charge on any atom is -0.491 e. The van der Waals surface area contributed by atoms with Crippen molar-refractivity contribution in [3.8, 4) is 5.75 Å². The minimum atomic E-state index is -0.885. The summed E-state index contributed by atoms with van der Waals surface area (Å²) in [6, 6.07) is 5.85. The van der Waals surface area contributed by atoms with Gasteiger partial charge in [-0.1, -0.05) is 37.0 Å². The van der Waals surface area contributed by atoms with Gasteiger partial charge in [-0.15, -0.1) is 0 Å². The fraction of sp³-hybridized carbons (Fsp3) is 0.619. The maximum Gasteiger partial charge on any atom is 0.229 e. The summed E-state index contributed by atoms with van der Waals surface area (Å²) in [4.78, 5) is 26.3. The van der Waals surface area contributed by atoms with Crippen molar-refractivity contribution in [1.82, 2.24) is 4.90 Å². The van der Waals surface area contributed by atoms with E-state index in [4.69, 9.17) is 4.74 Å². The lowest BCUT2D eigenvalue weighted by Crippen LogP contribution is -2.51. The van der Waals surface area contributed by atoms with Gasteiger partial charge in [0.1, 0.15) is 18.5 Å². The number of imide groups is 1. The molecular weight excluding hydrogens is 330 g/mol. The summed E-state index contributed by atoms with van der Waals surface area (Å²) in [5.41, 5.74) is 2.03. The number of rotatable bonds is 5. The van der Waals surface area contributed by atoms with Crippen LogP contribution in [0, 0.1) is 19.3 Å². The van der Waals surface area contributed by atoms with Gasteiger partial charge in [-0.3, -0.25) is 14.5 Å². The van der Waals surface area contributed by atoms with Gasteiger partial charge >= 0.3 is 0 Å². The fourth-order valence-electron chi connectivity index (χ4n) is 4.30. The third kappa shape index (κ3) is 4.26. The van der Waals surface area contributed by atoms with Gasteiger partial charge in [-0.2, -0.15) is 0 Å². The van der Waals surface area contributed by atoms with E-state index in [9.17, 15) is 14.7 Å². The number of aryl methyl sites for hydroxylation is 2. The lowest BCUT2D eigenvalue weighted by molar-refractivity contribution is -0.156. The molecule has 1 aromatic rings. The zero-order chi connectivity index (χ0) is 18.7. The number of amides is 2. The second-order valence-electron chi connectivity index (χ2n) is 8.05. The number of carbonyl (C=O) groups excluding carboxylic acids is 2. The first-order chi connectivity index (χ1) is 12.4. The molecule has 2 fully saturated rings. The van der Waals surface area contributed by atoms with E-state index in [0.717, 1.165) is 36.8 Å². The Bertz CT molecular complexity index is 659. The lowest BCUT2D eigenvalue weighted by atomic mass is 9.67. The Morgan fingerprint density at radius 3 is 2.38 bits per heavy atom. The third-order valence-electron chi connectivity index (χ3n) is 5.72. The molecule has 3 rings (SSSR count). The van der Waals surface area contributed by atoms with Crippen molar-refractivity contribution in [2.24, 2.45) is 5.41 Å². The number of hydrogen-bond acceptors (Lipinski definition) is 4. The molecule has 1 aliphatic carbocycles. The highest BCUT2D eigenvalue weighted by atomic mass is 16.5. The first kappa shape index (κ1) is 18.9. The molecule has 1 aliphatic heterocycles. The van der Waals surface area contributed by atoms with Crippen LogP contribution in [0.15, 0.2) is 18.2 Å². The van der Waals surface area contributed by atoms with Crippen LogP contribution in [0.25, 0.3) is 0 Å². The number of benzene rings is 1. The van der Waals surface area contributed by atoms with Crippen LogP contribution in [0.2, 0.25) is 0 Å². The SMILES string of the molecule is Cc1ccc(OCC(O)CN2C(=O)CC3(CCCCC3)CC2=O)c(C)c1. The summed E-state index contributed by atoms with van der Waals surface area (Å²) in [7, 11) is 0. The number of piperidine rings is 1. The van der Waals surface area contributed by atoms with Crippen LogP contribution in [-0.2, 0) is 9.59 Å². The molecule has 1 atom stereocenters. The number of aliphatic hydroxyl groups is 1.